The Hall–Kier alpha value is -1.30. The Morgan fingerprint density at radius 1 is 1.05 bits per heavy atom. The number of rotatable bonds is 11. The zero-order chi connectivity index (χ0) is 15.5. The molecule has 0 bridgehead atoms. The van der Waals surface area contributed by atoms with E-state index < -0.39 is 0 Å². The van der Waals surface area contributed by atoms with Crippen molar-refractivity contribution < 1.29 is 18.9 Å². The van der Waals surface area contributed by atoms with E-state index in [0.717, 1.165) is 30.1 Å². The lowest BCUT2D eigenvalue weighted by atomic mass is 10.1. The van der Waals surface area contributed by atoms with Crippen LogP contribution in [0, 0.1) is 0 Å². The largest absolute Gasteiger partial charge is 0.497 e. The summed E-state index contributed by atoms with van der Waals surface area (Å²) in [5.41, 5.74) is 1.02. The molecule has 120 valence electrons. The number of methoxy groups -OCH3 is 2. The summed E-state index contributed by atoms with van der Waals surface area (Å²) in [4.78, 5) is 0. The highest BCUT2D eigenvalue weighted by Crippen LogP contribution is 2.29. The van der Waals surface area contributed by atoms with Gasteiger partial charge in [0.05, 0.1) is 40.1 Å². The second kappa shape index (κ2) is 10.4. The highest BCUT2D eigenvalue weighted by Gasteiger charge is 2.15. The van der Waals surface area contributed by atoms with Gasteiger partial charge in [-0.15, -0.1) is 0 Å². The molecule has 0 heterocycles. The molecule has 1 unspecified atom stereocenters. The Balaban J connectivity index is 2.58. The normalized spacial score (nSPS) is 12.2. The molecule has 1 aromatic carbocycles. The average Bonchev–Trinajstić information content (AvgIpc) is 2.53. The average molecular weight is 297 g/mol. The smallest absolute Gasteiger partial charge is 0.123 e. The van der Waals surface area contributed by atoms with Gasteiger partial charge in [-0.2, -0.15) is 0 Å². The van der Waals surface area contributed by atoms with Gasteiger partial charge in [-0.05, 0) is 31.7 Å². The maximum atomic E-state index is 5.68. The molecule has 21 heavy (non-hydrogen) atoms. The fourth-order valence-corrected chi connectivity index (χ4v) is 2.01. The zero-order valence-electron chi connectivity index (χ0n) is 13.5. The molecule has 1 N–H and O–H groups in total. The van der Waals surface area contributed by atoms with E-state index in [0.29, 0.717) is 19.8 Å². The Labute approximate surface area is 127 Å². The Morgan fingerprint density at radius 2 is 1.81 bits per heavy atom. The van der Waals surface area contributed by atoms with Crippen LogP contribution >= 0.6 is 0 Å². The van der Waals surface area contributed by atoms with Gasteiger partial charge in [-0.3, -0.25) is 0 Å². The van der Waals surface area contributed by atoms with Crippen LogP contribution in [0.2, 0.25) is 0 Å². The molecular formula is C16H27NO4. The van der Waals surface area contributed by atoms with Crippen LogP contribution < -0.4 is 14.8 Å². The molecular weight excluding hydrogens is 270 g/mol. The van der Waals surface area contributed by atoms with Gasteiger partial charge in [-0.1, -0.05) is 6.92 Å². The molecule has 0 spiro atoms. The van der Waals surface area contributed by atoms with Gasteiger partial charge in [0, 0.05) is 12.2 Å². The van der Waals surface area contributed by atoms with E-state index >= 15 is 0 Å². The van der Waals surface area contributed by atoms with Crippen molar-refractivity contribution in [1.29, 1.82) is 0 Å². The molecule has 0 fully saturated rings. The highest BCUT2D eigenvalue weighted by atomic mass is 16.5. The lowest BCUT2D eigenvalue weighted by molar-refractivity contribution is 0.0396. The zero-order valence-corrected chi connectivity index (χ0v) is 13.5. The number of ether oxygens (including phenoxy) is 4. The maximum Gasteiger partial charge on any atom is 0.123 e. The van der Waals surface area contributed by atoms with Gasteiger partial charge in [-0.25, -0.2) is 0 Å². The van der Waals surface area contributed by atoms with Crippen molar-refractivity contribution in [3.63, 3.8) is 0 Å². The number of likely N-dealkylation sites (N-methyl/N-ethyl adjacent to an activating group) is 1. The molecule has 0 aromatic heterocycles. The lowest BCUT2D eigenvalue weighted by Gasteiger charge is -2.20. The molecule has 0 saturated carbocycles. The van der Waals surface area contributed by atoms with E-state index in [4.69, 9.17) is 18.9 Å². The molecule has 0 aliphatic heterocycles. The van der Waals surface area contributed by atoms with E-state index in [9.17, 15) is 0 Å². The second-order valence-corrected chi connectivity index (χ2v) is 4.64. The molecule has 1 atom stereocenters. The van der Waals surface area contributed by atoms with Crippen molar-refractivity contribution in [2.45, 2.75) is 19.4 Å². The Bertz CT molecular complexity index is 398. The quantitative estimate of drug-likeness (QED) is 0.636. The van der Waals surface area contributed by atoms with Crippen molar-refractivity contribution >= 4 is 0 Å². The molecule has 0 radical (unpaired) electrons. The summed E-state index contributed by atoms with van der Waals surface area (Å²) in [5, 5.41) is 3.25. The SMILES string of the molecule is CCCOCCOCC(NC)c1cc(OC)ccc1OC. The van der Waals surface area contributed by atoms with E-state index in [1.807, 2.05) is 25.2 Å². The standard InChI is InChI=1S/C16H27NO4/c1-5-8-20-9-10-21-12-15(17-2)14-11-13(18-3)6-7-16(14)19-4/h6-7,11,15,17H,5,8-10,12H2,1-4H3. The molecule has 5 heteroatoms. The summed E-state index contributed by atoms with van der Waals surface area (Å²) in [6.45, 7) is 4.63. The van der Waals surface area contributed by atoms with E-state index in [1.165, 1.54) is 0 Å². The van der Waals surface area contributed by atoms with E-state index in [-0.39, 0.29) is 6.04 Å². The minimum Gasteiger partial charge on any atom is -0.497 e. The molecule has 0 aliphatic carbocycles. The third-order valence-corrected chi connectivity index (χ3v) is 3.17. The summed E-state index contributed by atoms with van der Waals surface area (Å²) in [5.74, 6) is 1.62. The first-order valence-corrected chi connectivity index (χ1v) is 7.31. The first kappa shape index (κ1) is 17.8. The number of hydrogen-bond donors (Lipinski definition) is 1. The third kappa shape index (κ3) is 5.91. The topological polar surface area (TPSA) is 49.0 Å². The number of nitrogens with one attached hydrogen (secondary N) is 1. The van der Waals surface area contributed by atoms with E-state index in [1.54, 1.807) is 14.2 Å². The van der Waals surface area contributed by atoms with Crippen molar-refractivity contribution in [1.82, 2.24) is 5.32 Å². The molecule has 1 rings (SSSR count). The maximum absolute atomic E-state index is 5.68. The monoisotopic (exact) mass is 297 g/mol. The summed E-state index contributed by atoms with van der Waals surface area (Å²) >= 11 is 0. The van der Waals surface area contributed by atoms with Gasteiger partial charge in [0.15, 0.2) is 0 Å². The van der Waals surface area contributed by atoms with Crippen LogP contribution in [0.1, 0.15) is 24.9 Å². The number of benzene rings is 1. The van der Waals surface area contributed by atoms with Crippen LogP contribution in [0.15, 0.2) is 18.2 Å². The highest BCUT2D eigenvalue weighted by molar-refractivity contribution is 5.42. The minimum atomic E-state index is 0.0428. The summed E-state index contributed by atoms with van der Waals surface area (Å²) < 4.78 is 21.8. The second-order valence-electron chi connectivity index (χ2n) is 4.64. The molecule has 5 nitrogen and oxygen atoms in total. The summed E-state index contributed by atoms with van der Waals surface area (Å²) in [6.07, 6.45) is 1.03. The van der Waals surface area contributed by atoms with Crippen LogP contribution in [0.25, 0.3) is 0 Å². The Kier molecular flexibility index (Phi) is 8.82. The van der Waals surface area contributed by atoms with Crippen molar-refractivity contribution in [3.8, 4) is 11.5 Å². The van der Waals surface area contributed by atoms with Gasteiger partial charge in [0.2, 0.25) is 0 Å². The first-order chi connectivity index (χ1) is 10.3. The third-order valence-electron chi connectivity index (χ3n) is 3.17. The van der Waals surface area contributed by atoms with Crippen LogP contribution in [0.3, 0.4) is 0 Å². The van der Waals surface area contributed by atoms with Gasteiger partial charge < -0.3 is 24.3 Å². The Morgan fingerprint density at radius 3 is 2.43 bits per heavy atom. The molecule has 0 saturated heterocycles. The molecule has 1 aromatic rings. The van der Waals surface area contributed by atoms with Crippen molar-refractivity contribution in [3.05, 3.63) is 23.8 Å². The van der Waals surface area contributed by atoms with Crippen molar-refractivity contribution in [2.24, 2.45) is 0 Å². The fraction of sp³-hybridized carbons (Fsp3) is 0.625. The predicted octanol–water partition coefficient (Wildman–Crippen LogP) is 2.41. The first-order valence-electron chi connectivity index (χ1n) is 7.31. The van der Waals surface area contributed by atoms with Crippen LogP contribution in [0.5, 0.6) is 11.5 Å². The molecule has 0 aliphatic rings. The summed E-state index contributed by atoms with van der Waals surface area (Å²) in [7, 11) is 5.22. The van der Waals surface area contributed by atoms with Gasteiger partial charge in [0.25, 0.3) is 0 Å². The van der Waals surface area contributed by atoms with Crippen LogP contribution in [-0.2, 0) is 9.47 Å². The van der Waals surface area contributed by atoms with Gasteiger partial charge >= 0.3 is 0 Å². The fourth-order valence-electron chi connectivity index (χ4n) is 2.01. The predicted molar refractivity (Wildman–Crippen MR) is 83.3 cm³/mol. The van der Waals surface area contributed by atoms with Crippen molar-refractivity contribution in [2.75, 3.05) is 47.7 Å². The van der Waals surface area contributed by atoms with Crippen LogP contribution in [-0.4, -0.2) is 47.7 Å². The van der Waals surface area contributed by atoms with E-state index in [2.05, 4.69) is 12.2 Å². The van der Waals surface area contributed by atoms with Crippen LogP contribution in [0.4, 0.5) is 0 Å². The summed E-state index contributed by atoms with van der Waals surface area (Å²) in [6, 6.07) is 5.80. The lowest BCUT2D eigenvalue weighted by Crippen LogP contribution is -2.23. The minimum absolute atomic E-state index is 0.0428. The number of hydrogen-bond acceptors (Lipinski definition) is 5. The van der Waals surface area contributed by atoms with Gasteiger partial charge in [0.1, 0.15) is 11.5 Å². The molecule has 0 amide bonds.